The molecule has 0 amide bonds. The number of unbranched alkanes of at least 4 members (excludes halogenated alkanes) is 3. The minimum atomic E-state index is -3.51. The SMILES string of the molecule is CCCCCCn1c(-c2ccc(S(=O)(=O)N3CCC(Cc4ccccc4)CC3)cc2)csc1=Nc1ccccc1. The molecule has 0 radical (unpaired) electrons. The van der Waals surface area contributed by atoms with Crippen LogP contribution in [-0.4, -0.2) is 30.4 Å². The van der Waals surface area contributed by atoms with E-state index in [2.05, 4.69) is 41.1 Å². The molecule has 1 fully saturated rings. The molecule has 1 saturated heterocycles. The first-order valence-corrected chi connectivity index (χ1v) is 16.8. The average molecular weight is 574 g/mol. The van der Waals surface area contributed by atoms with E-state index in [1.165, 1.54) is 24.8 Å². The van der Waals surface area contributed by atoms with Gasteiger partial charge in [0.15, 0.2) is 4.80 Å². The Labute approximate surface area is 242 Å². The Balaban J connectivity index is 1.31. The van der Waals surface area contributed by atoms with Crippen LogP contribution in [0, 0.1) is 5.92 Å². The van der Waals surface area contributed by atoms with E-state index in [-0.39, 0.29) is 0 Å². The first-order valence-electron chi connectivity index (χ1n) is 14.5. The van der Waals surface area contributed by atoms with Crippen LogP contribution in [0.25, 0.3) is 11.3 Å². The molecule has 1 aromatic heterocycles. The Morgan fingerprint density at radius 2 is 1.52 bits per heavy atom. The van der Waals surface area contributed by atoms with Gasteiger partial charge in [0.2, 0.25) is 10.0 Å². The van der Waals surface area contributed by atoms with Crippen LogP contribution in [-0.2, 0) is 23.0 Å². The monoisotopic (exact) mass is 573 g/mol. The van der Waals surface area contributed by atoms with Gasteiger partial charge < -0.3 is 4.57 Å². The van der Waals surface area contributed by atoms with Gasteiger partial charge in [-0.25, -0.2) is 13.4 Å². The predicted octanol–water partition coefficient (Wildman–Crippen LogP) is 7.67. The van der Waals surface area contributed by atoms with E-state index in [0.717, 1.165) is 54.0 Å². The van der Waals surface area contributed by atoms with Crippen LogP contribution in [0.2, 0.25) is 0 Å². The van der Waals surface area contributed by atoms with Crippen molar-refractivity contribution in [1.29, 1.82) is 0 Å². The maximum atomic E-state index is 13.5. The quantitative estimate of drug-likeness (QED) is 0.173. The second-order valence-electron chi connectivity index (χ2n) is 10.6. The molecule has 40 heavy (non-hydrogen) atoms. The number of sulfonamides is 1. The summed E-state index contributed by atoms with van der Waals surface area (Å²) < 4.78 is 30.9. The summed E-state index contributed by atoms with van der Waals surface area (Å²) in [4.78, 5) is 6.25. The summed E-state index contributed by atoms with van der Waals surface area (Å²) in [7, 11) is -3.51. The molecule has 5 nitrogen and oxygen atoms in total. The molecule has 0 aliphatic carbocycles. The van der Waals surface area contributed by atoms with E-state index < -0.39 is 10.0 Å². The van der Waals surface area contributed by atoms with Gasteiger partial charge in [-0.15, -0.1) is 11.3 Å². The van der Waals surface area contributed by atoms with Crippen molar-refractivity contribution in [3.63, 3.8) is 0 Å². The molecule has 2 heterocycles. The largest absolute Gasteiger partial charge is 0.316 e. The molecular formula is C33H39N3O2S2. The molecule has 1 aliphatic heterocycles. The van der Waals surface area contributed by atoms with Gasteiger partial charge in [0.1, 0.15) is 0 Å². The van der Waals surface area contributed by atoms with Crippen molar-refractivity contribution < 1.29 is 8.42 Å². The number of benzene rings is 3. The highest BCUT2D eigenvalue weighted by Gasteiger charge is 2.29. The molecule has 0 bridgehead atoms. The summed E-state index contributed by atoms with van der Waals surface area (Å²) in [5, 5.41) is 2.14. The standard InChI is InChI=1S/C33H39N3O2S2/c1-2-3-4-11-22-36-32(26-39-33(36)34-30-14-9-6-10-15-30)29-16-18-31(19-17-29)40(37,38)35-23-20-28(21-24-35)25-27-12-7-5-8-13-27/h5-10,12-19,26,28H,2-4,11,20-25H2,1H3. The molecule has 210 valence electrons. The molecule has 4 aromatic rings. The smallest absolute Gasteiger partial charge is 0.243 e. The van der Waals surface area contributed by atoms with Gasteiger partial charge in [-0.05, 0) is 67.0 Å². The Bertz CT molecular complexity index is 1520. The van der Waals surface area contributed by atoms with Crippen LogP contribution < -0.4 is 4.80 Å². The molecule has 5 rings (SSSR count). The number of nitrogens with zero attached hydrogens (tertiary/aromatic N) is 3. The lowest BCUT2D eigenvalue weighted by Crippen LogP contribution is -2.38. The molecule has 0 spiro atoms. The van der Waals surface area contributed by atoms with E-state index in [1.54, 1.807) is 27.8 Å². The van der Waals surface area contributed by atoms with Crippen molar-refractivity contribution in [2.75, 3.05) is 13.1 Å². The summed E-state index contributed by atoms with van der Waals surface area (Å²) in [6.45, 7) is 4.27. The minimum Gasteiger partial charge on any atom is -0.316 e. The van der Waals surface area contributed by atoms with E-state index in [0.29, 0.717) is 23.9 Å². The number of hydrogen-bond donors (Lipinski definition) is 0. The lowest BCUT2D eigenvalue weighted by molar-refractivity contribution is 0.273. The van der Waals surface area contributed by atoms with E-state index >= 15 is 0 Å². The van der Waals surface area contributed by atoms with Crippen LogP contribution >= 0.6 is 11.3 Å². The number of aromatic nitrogens is 1. The van der Waals surface area contributed by atoms with Gasteiger partial charge in [0, 0.05) is 25.0 Å². The third-order valence-electron chi connectivity index (χ3n) is 7.74. The van der Waals surface area contributed by atoms with Gasteiger partial charge in [-0.1, -0.05) is 86.8 Å². The summed E-state index contributed by atoms with van der Waals surface area (Å²) in [5.41, 5.74) is 4.37. The van der Waals surface area contributed by atoms with Crippen molar-refractivity contribution in [2.45, 2.75) is 63.3 Å². The molecule has 0 saturated carbocycles. The second-order valence-corrected chi connectivity index (χ2v) is 13.4. The van der Waals surface area contributed by atoms with Crippen molar-refractivity contribution >= 4 is 27.0 Å². The van der Waals surface area contributed by atoms with Crippen LogP contribution in [0.5, 0.6) is 0 Å². The molecule has 3 aromatic carbocycles. The van der Waals surface area contributed by atoms with Gasteiger partial charge in [-0.2, -0.15) is 4.31 Å². The normalized spacial score (nSPS) is 15.5. The van der Waals surface area contributed by atoms with Gasteiger partial charge in [0.05, 0.1) is 16.3 Å². The second kappa shape index (κ2) is 13.6. The van der Waals surface area contributed by atoms with Gasteiger partial charge in [-0.3, -0.25) is 0 Å². The third-order valence-corrected chi connectivity index (χ3v) is 10.5. The first-order chi connectivity index (χ1) is 19.5. The van der Waals surface area contributed by atoms with Gasteiger partial charge >= 0.3 is 0 Å². The maximum Gasteiger partial charge on any atom is 0.243 e. The average Bonchev–Trinajstić information content (AvgIpc) is 3.38. The van der Waals surface area contributed by atoms with E-state index in [1.807, 2.05) is 48.5 Å². The zero-order valence-electron chi connectivity index (χ0n) is 23.3. The van der Waals surface area contributed by atoms with Crippen LogP contribution in [0.3, 0.4) is 0 Å². The Morgan fingerprint density at radius 1 is 0.850 bits per heavy atom. The highest BCUT2D eigenvalue weighted by Crippen LogP contribution is 2.28. The van der Waals surface area contributed by atoms with Crippen molar-refractivity contribution in [3.8, 4) is 11.3 Å². The Morgan fingerprint density at radius 3 is 2.20 bits per heavy atom. The number of thiazole rings is 1. The summed E-state index contributed by atoms with van der Waals surface area (Å²) in [5.74, 6) is 0.526. The number of rotatable bonds is 11. The lowest BCUT2D eigenvalue weighted by atomic mass is 9.91. The van der Waals surface area contributed by atoms with Crippen LogP contribution in [0.4, 0.5) is 5.69 Å². The zero-order chi connectivity index (χ0) is 27.8. The number of piperidine rings is 1. The fourth-order valence-electron chi connectivity index (χ4n) is 5.42. The molecular weight excluding hydrogens is 535 g/mol. The summed E-state index contributed by atoms with van der Waals surface area (Å²) in [6, 6.07) is 28.0. The molecule has 0 unspecified atom stereocenters. The maximum absolute atomic E-state index is 13.5. The molecule has 0 N–H and O–H groups in total. The Kier molecular flexibility index (Phi) is 9.68. The lowest BCUT2D eigenvalue weighted by Gasteiger charge is -2.31. The third kappa shape index (κ3) is 7.00. The topological polar surface area (TPSA) is 54.7 Å². The molecule has 0 atom stereocenters. The minimum absolute atomic E-state index is 0.372. The highest BCUT2D eigenvalue weighted by atomic mass is 32.2. The highest BCUT2D eigenvalue weighted by molar-refractivity contribution is 7.89. The first kappa shape index (κ1) is 28.5. The number of hydrogen-bond acceptors (Lipinski definition) is 4. The fourth-order valence-corrected chi connectivity index (χ4v) is 7.85. The van der Waals surface area contributed by atoms with Gasteiger partial charge in [0.25, 0.3) is 0 Å². The summed E-state index contributed by atoms with van der Waals surface area (Å²) in [6.07, 6.45) is 7.50. The zero-order valence-corrected chi connectivity index (χ0v) is 24.9. The van der Waals surface area contributed by atoms with Crippen molar-refractivity contribution in [2.24, 2.45) is 10.9 Å². The number of para-hydroxylation sites is 1. The van der Waals surface area contributed by atoms with E-state index in [4.69, 9.17) is 4.99 Å². The predicted molar refractivity (Wildman–Crippen MR) is 165 cm³/mol. The molecule has 1 aliphatic rings. The fraction of sp³-hybridized carbons (Fsp3) is 0.364. The Hall–Kier alpha value is -3.00. The van der Waals surface area contributed by atoms with Crippen molar-refractivity contribution in [1.82, 2.24) is 8.87 Å². The van der Waals surface area contributed by atoms with Crippen LogP contribution in [0.15, 0.2) is 100 Å². The molecule has 7 heteroatoms. The van der Waals surface area contributed by atoms with E-state index in [9.17, 15) is 8.42 Å². The summed E-state index contributed by atoms with van der Waals surface area (Å²) >= 11 is 1.63. The van der Waals surface area contributed by atoms with Crippen molar-refractivity contribution in [3.05, 3.63) is 101 Å². The van der Waals surface area contributed by atoms with Crippen LogP contribution in [0.1, 0.15) is 51.0 Å².